The topological polar surface area (TPSA) is 142 Å². The maximum Gasteiger partial charge on any atom is 0.320 e. The van der Waals surface area contributed by atoms with E-state index in [0.29, 0.717) is 5.69 Å². The lowest BCUT2D eigenvalue weighted by atomic mass is 10.2. The Morgan fingerprint density at radius 1 is 1.23 bits per heavy atom. The van der Waals surface area contributed by atoms with Crippen LogP contribution in [-0.2, 0) is 14.4 Å². The Morgan fingerprint density at radius 3 is 2.35 bits per heavy atom. The normalized spacial score (nSPS) is 11.7. The van der Waals surface area contributed by atoms with Gasteiger partial charge in [-0.3, -0.25) is 29.4 Å². The van der Waals surface area contributed by atoms with E-state index >= 15 is 0 Å². The molecule has 0 radical (unpaired) electrons. The molecule has 0 aliphatic rings. The third kappa shape index (κ3) is 7.26. The highest BCUT2D eigenvalue weighted by Crippen LogP contribution is 2.15. The highest BCUT2D eigenvalue weighted by atomic mass is 16.6. The van der Waals surface area contributed by atoms with Crippen LogP contribution < -0.4 is 10.6 Å². The standard InChI is InChI=1S/C16H22N4O6/c1-11(16(23)24)19(10-8-17-12(2)21)9-7-15(22)18-13-3-5-14(6-4-13)20(25)26/h3-6,11H,7-10H2,1-2H3,(H,17,21)(H,18,22)(H,23,24). The molecule has 0 saturated heterocycles. The molecule has 0 heterocycles. The van der Waals surface area contributed by atoms with Crippen LogP contribution in [0.2, 0.25) is 0 Å². The first-order valence-corrected chi connectivity index (χ1v) is 7.96. The summed E-state index contributed by atoms with van der Waals surface area (Å²) in [7, 11) is 0. The van der Waals surface area contributed by atoms with Crippen LogP contribution in [0.25, 0.3) is 0 Å². The predicted octanol–water partition coefficient (Wildman–Crippen LogP) is 0.835. The Bertz CT molecular complexity index is 661. The highest BCUT2D eigenvalue weighted by molar-refractivity contribution is 5.91. The van der Waals surface area contributed by atoms with Crippen LogP contribution in [0.1, 0.15) is 20.3 Å². The van der Waals surface area contributed by atoms with Crippen molar-refractivity contribution in [2.24, 2.45) is 0 Å². The van der Waals surface area contributed by atoms with Gasteiger partial charge >= 0.3 is 5.97 Å². The van der Waals surface area contributed by atoms with E-state index in [2.05, 4.69) is 10.6 Å². The van der Waals surface area contributed by atoms with E-state index in [4.69, 9.17) is 5.11 Å². The van der Waals surface area contributed by atoms with Crippen LogP contribution in [0.4, 0.5) is 11.4 Å². The van der Waals surface area contributed by atoms with Gasteiger partial charge in [0.05, 0.1) is 4.92 Å². The van der Waals surface area contributed by atoms with Crippen molar-refractivity contribution in [2.75, 3.05) is 25.0 Å². The number of carbonyl (C=O) groups excluding carboxylic acids is 2. The largest absolute Gasteiger partial charge is 0.480 e. The number of non-ortho nitro benzene ring substituents is 1. The number of rotatable bonds is 10. The van der Waals surface area contributed by atoms with Crippen molar-refractivity contribution in [3.63, 3.8) is 0 Å². The fraction of sp³-hybridized carbons (Fsp3) is 0.438. The Balaban J connectivity index is 2.57. The summed E-state index contributed by atoms with van der Waals surface area (Å²) in [6.45, 7) is 3.62. The number of nitrogens with zero attached hydrogens (tertiary/aromatic N) is 2. The monoisotopic (exact) mass is 366 g/mol. The Hall–Kier alpha value is -3.01. The van der Waals surface area contributed by atoms with Gasteiger partial charge in [0, 0.05) is 50.8 Å². The molecule has 0 aromatic heterocycles. The van der Waals surface area contributed by atoms with E-state index in [1.807, 2.05) is 0 Å². The van der Waals surface area contributed by atoms with Crippen LogP contribution in [0.15, 0.2) is 24.3 Å². The van der Waals surface area contributed by atoms with Crippen LogP contribution in [0, 0.1) is 10.1 Å². The fourth-order valence-corrected chi connectivity index (χ4v) is 2.17. The van der Waals surface area contributed by atoms with Crippen molar-refractivity contribution >= 4 is 29.2 Å². The molecule has 3 N–H and O–H groups in total. The number of carbonyl (C=O) groups is 3. The molecule has 0 spiro atoms. The van der Waals surface area contributed by atoms with Crippen molar-refractivity contribution in [1.29, 1.82) is 0 Å². The van der Waals surface area contributed by atoms with Crippen LogP contribution in [-0.4, -0.2) is 58.4 Å². The maximum absolute atomic E-state index is 12.0. The van der Waals surface area contributed by atoms with Gasteiger partial charge in [0.2, 0.25) is 11.8 Å². The van der Waals surface area contributed by atoms with E-state index in [-0.39, 0.29) is 43.6 Å². The van der Waals surface area contributed by atoms with E-state index in [9.17, 15) is 24.5 Å². The molecular weight excluding hydrogens is 344 g/mol. The fourth-order valence-electron chi connectivity index (χ4n) is 2.17. The lowest BCUT2D eigenvalue weighted by Gasteiger charge is -2.26. The van der Waals surface area contributed by atoms with E-state index in [1.165, 1.54) is 38.1 Å². The summed E-state index contributed by atoms with van der Waals surface area (Å²) in [5.41, 5.74) is 0.333. The summed E-state index contributed by atoms with van der Waals surface area (Å²) >= 11 is 0. The summed E-state index contributed by atoms with van der Waals surface area (Å²) in [6.07, 6.45) is 0.0364. The lowest BCUT2D eigenvalue weighted by molar-refractivity contribution is -0.384. The SMILES string of the molecule is CC(=O)NCCN(CCC(=O)Nc1ccc([N+](=O)[O-])cc1)C(C)C(=O)O. The zero-order valence-corrected chi connectivity index (χ0v) is 14.6. The Morgan fingerprint density at radius 2 is 1.85 bits per heavy atom. The molecule has 26 heavy (non-hydrogen) atoms. The smallest absolute Gasteiger partial charge is 0.320 e. The molecule has 10 nitrogen and oxygen atoms in total. The van der Waals surface area contributed by atoms with Gasteiger partial charge in [-0.2, -0.15) is 0 Å². The number of hydrogen-bond acceptors (Lipinski definition) is 6. The van der Waals surface area contributed by atoms with Crippen LogP contribution in [0.3, 0.4) is 0 Å². The van der Waals surface area contributed by atoms with Crippen LogP contribution in [0.5, 0.6) is 0 Å². The molecule has 0 saturated carbocycles. The second-order valence-electron chi connectivity index (χ2n) is 5.64. The lowest BCUT2D eigenvalue weighted by Crippen LogP contribution is -2.44. The number of benzene rings is 1. The Kier molecular flexibility index (Phi) is 8.16. The van der Waals surface area contributed by atoms with E-state index in [0.717, 1.165) is 0 Å². The number of amides is 2. The number of aliphatic carboxylic acids is 1. The van der Waals surface area contributed by atoms with Crippen molar-refractivity contribution in [1.82, 2.24) is 10.2 Å². The zero-order valence-electron chi connectivity index (χ0n) is 14.6. The first-order chi connectivity index (χ1) is 12.2. The van der Waals surface area contributed by atoms with Gasteiger partial charge in [-0.05, 0) is 19.1 Å². The zero-order chi connectivity index (χ0) is 19.7. The van der Waals surface area contributed by atoms with Crippen molar-refractivity contribution in [3.8, 4) is 0 Å². The molecule has 142 valence electrons. The highest BCUT2D eigenvalue weighted by Gasteiger charge is 2.21. The van der Waals surface area contributed by atoms with Gasteiger partial charge in [-0.1, -0.05) is 0 Å². The van der Waals surface area contributed by atoms with Gasteiger partial charge in [0.15, 0.2) is 0 Å². The molecule has 2 amide bonds. The minimum Gasteiger partial charge on any atom is -0.480 e. The molecule has 1 atom stereocenters. The third-order valence-corrected chi connectivity index (χ3v) is 3.67. The molecule has 1 aromatic rings. The van der Waals surface area contributed by atoms with Crippen LogP contribution >= 0.6 is 0 Å². The van der Waals surface area contributed by atoms with Gasteiger partial charge in [0.1, 0.15) is 6.04 Å². The van der Waals surface area contributed by atoms with Gasteiger partial charge in [-0.25, -0.2) is 0 Å². The van der Waals surface area contributed by atoms with E-state index in [1.54, 1.807) is 4.90 Å². The minimum absolute atomic E-state index is 0.0364. The average Bonchev–Trinajstić information content (AvgIpc) is 2.57. The molecule has 0 aliphatic carbocycles. The van der Waals surface area contributed by atoms with Gasteiger partial charge < -0.3 is 15.7 Å². The second kappa shape index (κ2) is 10.1. The Labute approximate surface area is 150 Å². The molecular formula is C16H22N4O6. The quantitative estimate of drug-likeness (QED) is 0.411. The number of nitro benzene ring substituents is 1. The number of nitrogens with one attached hydrogen (secondary N) is 2. The van der Waals surface area contributed by atoms with Crippen molar-refractivity contribution in [3.05, 3.63) is 34.4 Å². The number of carboxylic acids is 1. The predicted molar refractivity (Wildman–Crippen MR) is 93.7 cm³/mol. The molecule has 0 fully saturated rings. The molecule has 1 unspecified atom stereocenters. The average molecular weight is 366 g/mol. The second-order valence-corrected chi connectivity index (χ2v) is 5.64. The van der Waals surface area contributed by atoms with Gasteiger partial charge in [-0.15, -0.1) is 0 Å². The number of carboxylic acid groups (broad SMARTS) is 1. The first kappa shape index (κ1) is 21.0. The van der Waals surface area contributed by atoms with Crippen molar-refractivity contribution in [2.45, 2.75) is 26.3 Å². The number of anilines is 1. The molecule has 1 aromatic carbocycles. The summed E-state index contributed by atoms with van der Waals surface area (Å²) in [4.78, 5) is 45.7. The van der Waals surface area contributed by atoms with E-state index < -0.39 is 16.9 Å². The number of nitro groups is 1. The summed E-state index contributed by atoms with van der Waals surface area (Å²) in [5.74, 6) is -1.59. The first-order valence-electron chi connectivity index (χ1n) is 7.96. The summed E-state index contributed by atoms with van der Waals surface area (Å²) in [6, 6.07) is 4.59. The molecule has 10 heteroatoms. The van der Waals surface area contributed by atoms with Gasteiger partial charge in [0.25, 0.3) is 5.69 Å². The molecule has 0 bridgehead atoms. The van der Waals surface area contributed by atoms with Crippen molar-refractivity contribution < 1.29 is 24.4 Å². The molecule has 0 aliphatic heterocycles. The molecule has 1 rings (SSSR count). The maximum atomic E-state index is 12.0. The number of hydrogen-bond donors (Lipinski definition) is 3. The summed E-state index contributed by atoms with van der Waals surface area (Å²) < 4.78 is 0. The third-order valence-electron chi connectivity index (χ3n) is 3.67. The summed E-state index contributed by atoms with van der Waals surface area (Å²) in [5, 5.41) is 24.9. The minimum atomic E-state index is -1.02.